The lowest BCUT2D eigenvalue weighted by atomic mass is 10.1. The molecule has 2 aromatic rings. The largest absolute Gasteiger partial charge is 0.392 e. The standard InChI is InChI=1S/C19H18FN3O4S/c20-18-5-4-15(10-13(18)6-8-21)22-19(25)14-2-1-3-17(11-14)28(26,27)23-9-7-16(24)12-23/h1-5,10-11,16,24H,6-7,9,12H2,(H,22,25). The fourth-order valence-electron chi connectivity index (χ4n) is 2.95. The van der Waals surface area contributed by atoms with Crippen LogP contribution in [-0.4, -0.2) is 42.9 Å². The van der Waals surface area contributed by atoms with E-state index in [-0.39, 0.29) is 35.5 Å². The minimum atomic E-state index is -3.81. The predicted octanol–water partition coefficient (Wildman–Crippen LogP) is 1.90. The van der Waals surface area contributed by atoms with Crippen molar-refractivity contribution in [3.8, 4) is 6.07 Å². The van der Waals surface area contributed by atoms with E-state index in [2.05, 4.69) is 5.32 Å². The van der Waals surface area contributed by atoms with Crippen molar-refractivity contribution in [3.05, 3.63) is 59.4 Å². The highest BCUT2D eigenvalue weighted by Gasteiger charge is 2.31. The first kappa shape index (κ1) is 19.9. The van der Waals surface area contributed by atoms with E-state index in [1.807, 2.05) is 6.07 Å². The number of hydrogen-bond acceptors (Lipinski definition) is 5. The van der Waals surface area contributed by atoms with Gasteiger partial charge in [-0.15, -0.1) is 0 Å². The Balaban J connectivity index is 1.81. The molecule has 0 bridgehead atoms. The topological polar surface area (TPSA) is 110 Å². The number of carbonyl (C=O) groups excluding carboxylic acids is 1. The van der Waals surface area contributed by atoms with Crippen LogP contribution < -0.4 is 5.32 Å². The number of halogens is 1. The second-order valence-corrected chi connectivity index (χ2v) is 8.37. The second-order valence-electron chi connectivity index (χ2n) is 6.43. The van der Waals surface area contributed by atoms with E-state index in [4.69, 9.17) is 5.26 Å². The van der Waals surface area contributed by atoms with Gasteiger partial charge in [-0.2, -0.15) is 9.57 Å². The molecule has 1 saturated heterocycles. The van der Waals surface area contributed by atoms with Gasteiger partial charge in [-0.05, 0) is 42.8 Å². The first-order valence-corrected chi connectivity index (χ1v) is 10.0. The van der Waals surface area contributed by atoms with Gasteiger partial charge < -0.3 is 10.4 Å². The van der Waals surface area contributed by atoms with Gasteiger partial charge in [-0.25, -0.2) is 12.8 Å². The quantitative estimate of drug-likeness (QED) is 0.792. The maximum absolute atomic E-state index is 13.6. The van der Waals surface area contributed by atoms with Crippen molar-refractivity contribution >= 4 is 21.6 Å². The molecule has 1 amide bonds. The number of anilines is 1. The van der Waals surface area contributed by atoms with E-state index >= 15 is 0 Å². The number of aliphatic hydroxyl groups excluding tert-OH is 1. The Morgan fingerprint density at radius 3 is 2.79 bits per heavy atom. The van der Waals surface area contributed by atoms with Gasteiger partial charge in [0.2, 0.25) is 10.0 Å². The number of hydrogen-bond donors (Lipinski definition) is 2. The van der Waals surface area contributed by atoms with E-state index in [0.717, 1.165) is 6.07 Å². The van der Waals surface area contributed by atoms with Gasteiger partial charge in [-0.1, -0.05) is 6.07 Å². The SMILES string of the molecule is N#CCc1cc(NC(=O)c2cccc(S(=O)(=O)N3CCC(O)C3)c2)ccc1F. The van der Waals surface area contributed by atoms with E-state index < -0.39 is 27.9 Å². The highest BCUT2D eigenvalue weighted by molar-refractivity contribution is 7.89. The van der Waals surface area contributed by atoms with Crippen LogP contribution in [0.5, 0.6) is 0 Å². The summed E-state index contributed by atoms with van der Waals surface area (Å²) in [7, 11) is -3.81. The first-order valence-electron chi connectivity index (χ1n) is 8.56. The number of nitrogens with one attached hydrogen (secondary N) is 1. The normalized spacial score (nSPS) is 17.2. The smallest absolute Gasteiger partial charge is 0.255 e. The van der Waals surface area contributed by atoms with E-state index in [0.29, 0.717) is 12.1 Å². The Kier molecular flexibility index (Phi) is 5.74. The summed E-state index contributed by atoms with van der Waals surface area (Å²) in [6, 6.07) is 11.3. The molecule has 0 spiro atoms. The average Bonchev–Trinajstić information content (AvgIpc) is 3.12. The minimum Gasteiger partial charge on any atom is -0.392 e. The molecular weight excluding hydrogens is 385 g/mol. The third kappa shape index (κ3) is 4.20. The third-order valence-corrected chi connectivity index (χ3v) is 6.29. The molecule has 0 aromatic heterocycles. The molecule has 1 unspecified atom stereocenters. The van der Waals surface area contributed by atoms with Gasteiger partial charge in [0.25, 0.3) is 5.91 Å². The van der Waals surface area contributed by atoms with Crippen LogP contribution in [-0.2, 0) is 16.4 Å². The van der Waals surface area contributed by atoms with Gasteiger partial charge in [0, 0.05) is 29.9 Å². The summed E-state index contributed by atoms with van der Waals surface area (Å²) in [5.74, 6) is -1.10. The minimum absolute atomic E-state index is 0.0238. The number of benzene rings is 2. The maximum Gasteiger partial charge on any atom is 0.255 e. The molecule has 1 aliphatic rings. The van der Waals surface area contributed by atoms with Crippen LogP contribution in [0.25, 0.3) is 0 Å². The zero-order valence-electron chi connectivity index (χ0n) is 14.8. The monoisotopic (exact) mass is 403 g/mol. The number of nitriles is 1. The number of aliphatic hydroxyl groups is 1. The van der Waals surface area contributed by atoms with E-state index in [9.17, 15) is 22.7 Å². The summed E-state index contributed by atoms with van der Waals surface area (Å²) >= 11 is 0. The van der Waals surface area contributed by atoms with E-state index in [1.54, 1.807) is 0 Å². The number of amides is 1. The molecule has 0 radical (unpaired) electrons. The van der Waals surface area contributed by atoms with Crippen molar-refractivity contribution in [3.63, 3.8) is 0 Å². The number of β-amino-alcohol motifs (C(OH)–C–C–N with tert-alkyl or cyclic N) is 1. The molecule has 2 N–H and O–H groups in total. The number of carbonyl (C=O) groups is 1. The lowest BCUT2D eigenvalue weighted by Gasteiger charge is -2.16. The zero-order chi connectivity index (χ0) is 20.3. The predicted molar refractivity (Wildman–Crippen MR) is 99.5 cm³/mol. The van der Waals surface area contributed by atoms with Gasteiger partial charge in [0.1, 0.15) is 5.82 Å². The summed E-state index contributed by atoms with van der Waals surface area (Å²) in [5, 5.41) is 20.9. The molecule has 1 fully saturated rings. The molecule has 0 aliphatic carbocycles. The number of sulfonamides is 1. The maximum atomic E-state index is 13.6. The summed E-state index contributed by atoms with van der Waals surface area (Å²) < 4.78 is 40.2. The van der Waals surface area contributed by atoms with Crippen LogP contribution in [0.15, 0.2) is 47.4 Å². The van der Waals surface area contributed by atoms with Crippen molar-refractivity contribution in [1.29, 1.82) is 5.26 Å². The van der Waals surface area contributed by atoms with Crippen molar-refractivity contribution < 1.29 is 22.7 Å². The number of nitrogens with zero attached hydrogens (tertiary/aromatic N) is 2. The van der Waals surface area contributed by atoms with Crippen molar-refractivity contribution in [2.75, 3.05) is 18.4 Å². The van der Waals surface area contributed by atoms with Gasteiger partial charge in [0.15, 0.2) is 0 Å². The van der Waals surface area contributed by atoms with Crippen molar-refractivity contribution in [2.45, 2.75) is 23.8 Å². The summed E-state index contributed by atoms with van der Waals surface area (Å²) in [6.07, 6.45) is -0.456. The summed E-state index contributed by atoms with van der Waals surface area (Å²) in [4.78, 5) is 12.5. The average molecular weight is 403 g/mol. The second kappa shape index (κ2) is 8.06. The third-order valence-electron chi connectivity index (χ3n) is 4.43. The molecule has 1 aliphatic heterocycles. The Morgan fingerprint density at radius 1 is 1.32 bits per heavy atom. The molecule has 0 saturated carbocycles. The van der Waals surface area contributed by atoms with Crippen LogP contribution in [0.1, 0.15) is 22.3 Å². The van der Waals surface area contributed by atoms with Crippen LogP contribution in [0.4, 0.5) is 10.1 Å². The molecule has 2 aromatic carbocycles. The van der Waals surface area contributed by atoms with Crippen molar-refractivity contribution in [2.24, 2.45) is 0 Å². The van der Waals surface area contributed by atoms with Gasteiger partial charge >= 0.3 is 0 Å². The van der Waals surface area contributed by atoms with Gasteiger partial charge in [0.05, 0.1) is 23.5 Å². The molecular formula is C19H18FN3O4S. The van der Waals surface area contributed by atoms with Gasteiger partial charge in [-0.3, -0.25) is 4.79 Å². The van der Waals surface area contributed by atoms with Crippen LogP contribution in [0.2, 0.25) is 0 Å². The molecule has 7 nitrogen and oxygen atoms in total. The fourth-order valence-corrected chi connectivity index (χ4v) is 4.49. The molecule has 3 rings (SSSR count). The summed E-state index contributed by atoms with van der Waals surface area (Å²) in [6.45, 7) is 0.243. The molecule has 1 heterocycles. The van der Waals surface area contributed by atoms with Crippen LogP contribution in [0.3, 0.4) is 0 Å². The Morgan fingerprint density at radius 2 is 2.11 bits per heavy atom. The zero-order valence-corrected chi connectivity index (χ0v) is 15.6. The van der Waals surface area contributed by atoms with Crippen molar-refractivity contribution in [1.82, 2.24) is 4.31 Å². The molecule has 146 valence electrons. The van der Waals surface area contributed by atoms with Crippen LogP contribution >= 0.6 is 0 Å². The molecule has 1 atom stereocenters. The highest BCUT2D eigenvalue weighted by atomic mass is 32.2. The van der Waals surface area contributed by atoms with Crippen LogP contribution in [0, 0.1) is 17.1 Å². The lowest BCUT2D eigenvalue weighted by Crippen LogP contribution is -2.29. The first-order chi connectivity index (χ1) is 13.3. The Bertz CT molecular complexity index is 1050. The Hall–Kier alpha value is -2.80. The number of rotatable bonds is 5. The summed E-state index contributed by atoms with van der Waals surface area (Å²) in [5.41, 5.74) is 0.573. The lowest BCUT2D eigenvalue weighted by molar-refractivity contribution is 0.102. The molecule has 9 heteroatoms. The highest BCUT2D eigenvalue weighted by Crippen LogP contribution is 2.22. The molecule has 28 heavy (non-hydrogen) atoms. The fraction of sp³-hybridized carbons (Fsp3) is 0.263. The van der Waals surface area contributed by atoms with E-state index in [1.165, 1.54) is 40.7 Å². The Labute approximate surface area is 162 Å².